The van der Waals surface area contributed by atoms with Gasteiger partial charge in [0.1, 0.15) is 0 Å². The van der Waals surface area contributed by atoms with Crippen LogP contribution in [0.2, 0.25) is 0 Å². The largest absolute Gasteiger partial charge is 0 e. The zero-order valence-corrected chi connectivity index (χ0v) is 8.41. The topological polar surface area (TPSA) is 31.5 Å². The monoisotopic (exact) mass is 298 g/mol. The molecule has 0 spiro atoms. The first-order valence-corrected chi connectivity index (χ1v) is 0. The molecule has 0 rings (SSSR count). The Bertz CT molecular complexity index is 11.6. The predicted octanol–water partition coefficient (Wildman–Crippen LogP) is -1.48. The smallest absolute Gasteiger partial charge is 0 e. The Labute approximate surface area is 117 Å². The minimum absolute atomic E-state index is 0. The summed E-state index contributed by atoms with van der Waals surface area (Å²) in [5.74, 6) is 0. The molecular formula is H3ArLaLiNbO. The maximum Gasteiger partial charge on any atom is 0 e. The van der Waals surface area contributed by atoms with E-state index in [0.29, 0.717) is 0 Å². The summed E-state index contributed by atoms with van der Waals surface area (Å²) < 4.78 is 0. The Morgan fingerprint density at radius 2 is 1.00 bits per heavy atom. The molecule has 2 N–H and O–H groups in total. The molecule has 2 radical (unpaired) electrons. The second-order valence-electron chi connectivity index (χ2n) is 0. The van der Waals surface area contributed by atoms with Crippen LogP contribution in [0.25, 0.3) is 0 Å². The van der Waals surface area contributed by atoms with Crippen molar-refractivity contribution >= 4 is 18.9 Å². The fourth-order valence-electron chi connectivity index (χ4n) is 0. The molecule has 26 valence electrons. The van der Waals surface area contributed by atoms with Crippen LogP contribution >= 0.6 is 0 Å². The maximum absolute atomic E-state index is 0. The van der Waals surface area contributed by atoms with Crippen molar-refractivity contribution in [3.63, 3.8) is 0 Å². The number of hydrogen-bond donors (Lipinski definition) is 0. The quantitative estimate of drug-likeness (QED) is 0.489. The van der Waals surface area contributed by atoms with Crippen LogP contribution in [0.4, 0.5) is 0 Å². The SMILES string of the molecule is O.[Ar].[La].[LiH].[Nb]. The summed E-state index contributed by atoms with van der Waals surface area (Å²) >= 11 is 0. The van der Waals surface area contributed by atoms with Gasteiger partial charge in [0.15, 0.2) is 0 Å². The molecule has 0 bridgehead atoms. The van der Waals surface area contributed by atoms with E-state index in [1.165, 1.54) is 0 Å². The van der Waals surface area contributed by atoms with Crippen LogP contribution in [0.1, 0.15) is 0 Å². The summed E-state index contributed by atoms with van der Waals surface area (Å²) in [6.07, 6.45) is 0. The van der Waals surface area contributed by atoms with Crippen molar-refractivity contribution < 1.29 is 101 Å². The van der Waals surface area contributed by atoms with Crippen molar-refractivity contribution in [1.82, 2.24) is 0 Å². The molecule has 0 unspecified atom stereocenters. The second kappa shape index (κ2) is 25.1. The molecule has 1 nitrogen and oxygen atoms in total. The van der Waals surface area contributed by atoms with E-state index in [0.717, 1.165) is 0 Å². The van der Waals surface area contributed by atoms with E-state index in [1.54, 1.807) is 0 Å². The minimum Gasteiger partial charge on any atom is 0 e. The van der Waals surface area contributed by atoms with Gasteiger partial charge < -0.3 is 5.48 Å². The summed E-state index contributed by atoms with van der Waals surface area (Å²) in [5.41, 5.74) is 0. The van der Waals surface area contributed by atoms with E-state index >= 15 is 0 Å². The fourth-order valence-corrected chi connectivity index (χ4v) is 0. The Balaban J connectivity index is 0. The zero-order chi connectivity index (χ0) is 0. The van der Waals surface area contributed by atoms with Gasteiger partial charge in [-0.15, -0.1) is 0 Å². The molecule has 0 aromatic carbocycles. The van der Waals surface area contributed by atoms with Crippen LogP contribution in [-0.2, 0) is 22.4 Å². The maximum atomic E-state index is 0. The minimum atomic E-state index is 0. The van der Waals surface area contributed by atoms with E-state index in [4.69, 9.17) is 0 Å². The molecule has 0 aliphatic heterocycles. The van der Waals surface area contributed by atoms with Crippen LogP contribution in [0.3, 0.4) is 0 Å². The van der Waals surface area contributed by atoms with E-state index in [1.807, 2.05) is 0 Å². The summed E-state index contributed by atoms with van der Waals surface area (Å²) in [4.78, 5) is 0. The molecule has 0 saturated heterocycles. The average Bonchev–Trinajstić information content (AvgIpc) is 0. The Hall–Kier alpha value is 3.75. The van der Waals surface area contributed by atoms with Gasteiger partial charge in [-0.05, 0) is 0 Å². The molecule has 0 amide bonds. The third kappa shape index (κ3) is 18.2. The van der Waals surface area contributed by atoms with Gasteiger partial charge in [-0.1, -0.05) is 0 Å². The van der Waals surface area contributed by atoms with Gasteiger partial charge in [0.25, 0.3) is 0 Å². The summed E-state index contributed by atoms with van der Waals surface area (Å²) in [6.45, 7) is 0. The molecule has 0 aliphatic rings. The van der Waals surface area contributed by atoms with Gasteiger partial charge in [0.05, 0.1) is 0 Å². The van der Waals surface area contributed by atoms with Crippen LogP contribution in [0.5, 0.6) is 0 Å². The van der Waals surface area contributed by atoms with Gasteiger partial charge in [0, 0.05) is 95.7 Å². The van der Waals surface area contributed by atoms with Crippen molar-refractivity contribution in [2.45, 2.75) is 0 Å². The molecule has 5 heteroatoms. The average molecular weight is 298 g/mol. The molecule has 0 fully saturated rings. The second-order valence-corrected chi connectivity index (χ2v) is 0. The van der Waals surface area contributed by atoms with E-state index in [9.17, 15) is 0 Å². The van der Waals surface area contributed by atoms with Crippen molar-refractivity contribution in [2.75, 3.05) is 0 Å². The third-order valence-electron chi connectivity index (χ3n) is 0. The van der Waals surface area contributed by atoms with Crippen molar-refractivity contribution in [2.24, 2.45) is 0 Å². The van der Waals surface area contributed by atoms with Gasteiger partial charge in [-0.25, -0.2) is 0 Å². The molecule has 5 heavy (non-hydrogen) atoms. The first-order valence-electron chi connectivity index (χ1n) is 0. The molecule has 0 aliphatic carbocycles. The Morgan fingerprint density at radius 1 is 1.00 bits per heavy atom. The summed E-state index contributed by atoms with van der Waals surface area (Å²) in [5, 5.41) is 0. The Kier molecular flexibility index (Phi) is 188. The molecule has 0 aromatic rings. The van der Waals surface area contributed by atoms with Crippen LogP contribution in [0.15, 0.2) is 0 Å². The van der Waals surface area contributed by atoms with E-state index in [-0.39, 0.29) is 120 Å². The predicted molar refractivity (Wildman–Crippen MR) is 10.8 cm³/mol. The van der Waals surface area contributed by atoms with Gasteiger partial charge in [-0.3, -0.25) is 0 Å². The van der Waals surface area contributed by atoms with Crippen LogP contribution in [-0.4, -0.2) is 24.3 Å². The number of hydrogen-bond acceptors (Lipinski definition) is 0. The number of rotatable bonds is 0. The van der Waals surface area contributed by atoms with Crippen LogP contribution in [0, 0.1) is 73.3 Å². The zero-order valence-electron chi connectivity index (χ0n) is 1.88. The van der Waals surface area contributed by atoms with Crippen molar-refractivity contribution in [3.05, 3.63) is 0 Å². The van der Waals surface area contributed by atoms with Gasteiger partial charge in [0.2, 0.25) is 0 Å². The van der Waals surface area contributed by atoms with Crippen molar-refractivity contribution in [3.8, 4) is 0 Å². The first kappa shape index (κ1) is 37.4. The van der Waals surface area contributed by atoms with Crippen molar-refractivity contribution in [1.29, 1.82) is 0 Å². The standard InChI is InChI=1S/Ar.La.Li.Nb.H2O.H/h;;;;1H2;. The normalized spacial score (nSPS) is 0. The van der Waals surface area contributed by atoms with Gasteiger partial charge in [-0.2, -0.15) is 0 Å². The molecule has 0 atom stereocenters. The molecular weight excluding hydrogens is 295 g/mol. The summed E-state index contributed by atoms with van der Waals surface area (Å²) in [7, 11) is 0. The molecule has 0 heterocycles. The van der Waals surface area contributed by atoms with Crippen LogP contribution < -0.4 is 0 Å². The first-order chi connectivity index (χ1) is 0. The van der Waals surface area contributed by atoms with Gasteiger partial charge >= 0.3 is 18.9 Å². The summed E-state index contributed by atoms with van der Waals surface area (Å²) in [6, 6.07) is 0. The van der Waals surface area contributed by atoms with E-state index in [2.05, 4.69) is 0 Å². The van der Waals surface area contributed by atoms with E-state index < -0.39 is 0 Å². The third-order valence-corrected chi connectivity index (χ3v) is 0. The molecule has 0 saturated carbocycles. The fraction of sp³-hybridized carbons (Fsp3) is 0. The Morgan fingerprint density at radius 3 is 1.00 bits per heavy atom. The molecule has 0 aromatic heterocycles.